The van der Waals surface area contributed by atoms with Crippen LogP contribution in [0.25, 0.3) is 0 Å². The number of rotatable bonds is 3. The Balaban J connectivity index is 3.04. The molecule has 1 atom stereocenters. The smallest absolute Gasteiger partial charge is 0.0497 e. The molecule has 72 valence electrons. The average molecular weight is 179 g/mol. The fourth-order valence-corrected chi connectivity index (χ4v) is 1.45. The Labute approximate surface area is 79.6 Å². The van der Waals surface area contributed by atoms with Crippen LogP contribution in [0.4, 0.5) is 0 Å². The first-order valence-corrected chi connectivity index (χ1v) is 4.71. The van der Waals surface area contributed by atoms with Gasteiger partial charge >= 0.3 is 0 Å². The summed E-state index contributed by atoms with van der Waals surface area (Å²) in [6, 6.07) is 2.00. The Hall–Kier alpha value is -0.890. The molecule has 0 spiro atoms. The molecule has 1 N–H and O–H groups in total. The van der Waals surface area contributed by atoms with Crippen LogP contribution in [0, 0.1) is 0 Å². The lowest BCUT2D eigenvalue weighted by atomic mass is 9.92. The fourth-order valence-electron chi connectivity index (χ4n) is 1.45. The summed E-state index contributed by atoms with van der Waals surface area (Å²) in [4.78, 5) is 4.10. The second-order valence-electron chi connectivity index (χ2n) is 3.74. The van der Waals surface area contributed by atoms with Crippen molar-refractivity contribution in [2.75, 3.05) is 6.61 Å². The first kappa shape index (κ1) is 10.2. The molecule has 0 radical (unpaired) electrons. The first-order valence-electron chi connectivity index (χ1n) is 4.71. The summed E-state index contributed by atoms with van der Waals surface area (Å²) in [7, 11) is 0. The predicted octanol–water partition coefficient (Wildman–Crippen LogP) is 2.30. The van der Waals surface area contributed by atoms with Crippen LogP contribution in [0.1, 0.15) is 43.7 Å². The molecule has 1 unspecified atom stereocenters. The van der Waals surface area contributed by atoms with E-state index in [1.54, 1.807) is 6.20 Å². The van der Waals surface area contributed by atoms with Gasteiger partial charge in [-0.05, 0) is 23.1 Å². The molecule has 0 fully saturated rings. The second-order valence-corrected chi connectivity index (χ2v) is 3.74. The normalized spacial score (nSPS) is 13.3. The van der Waals surface area contributed by atoms with Gasteiger partial charge in [-0.2, -0.15) is 0 Å². The zero-order chi connectivity index (χ0) is 9.84. The molecule has 1 rings (SSSR count). The molecule has 2 nitrogen and oxygen atoms in total. The third-order valence-electron chi connectivity index (χ3n) is 2.31. The number of aromatic nitrogens is 1. The van der Waals surface area contributed by atoms with E-state index >= 15 is 0 Å². The van der Waals surface area contributed by atoms with Gasteiger partial charge in [-0.25, -0.2) is 0 Å². The minimum atomic E-state index is 0.198. The third kappa shape index (κ3) is 2.28. The van der Waals surface area contributed by atoms with E-state index in [-0.39, 0.29) is 12.5 Å². The van der Waals surface area contributed by atoms with E-state index in [9.17, 15) is 0 Å². The molecule has 0 aliphatic carbocycles. The summed E-state index contributed by atoms with van der Waals surface area (Å²) in [6.45, 7) is 6.51. The number of hydrogen-bond acceptors (Lipinski definition) is 2. The topological polar surface area (TPSA) is 33.1 Å². The lowest BCUT2D eigenvalue weighted by molar-refractivity contribution is 0.272. The van der Waals surface area contributed by atoms with E-state index < -0.39 is 0 Å². The molecule has 1 heterocycles. The van der Waals surface area contributed by atoms with Gasteiger partial charge in [-0.1, -0.05) is 20.8 Å². The van der Waals surface area contributed by atoms with Crippen LogP contribution < -0.4 is 0 Å². The predicted molar refractivity (Wildman–Crippen MR) is 53.8 cm³/mol. The molecule has 0 aliphatic rings. The van der Waals surface area contributed by atoms with Gasteiger partial charge in [0.05, 0.1) is 0 Å². The van der Waals surface area contributed by atoms with Gasteiger partial charge in [0.1, 0.15) is 0 Å². The molecular weight excluding hydrogens is 162 g/mol. The summed E-state index contributed by atoms with van der Waals surface area (Å²) < 4.78 is 0. The molecule has 1 aromatic heterocycles. The quantitative estimate of drug-likeness (QED) is 0.772. The van der Waals surface area contributed by atoms with Gasteiger partial charge in [0, 0.05) is 24.9 Å². The highest BCUT2D eigenvalue weighted by Crippen LogP contribution is 2.24. The van der Waals surface area contributed by atoms with Crippen LogP contribution >= 0.6 is 0 Å². The fraction of sp³-hybridized carbons (Fsp3) is 0.545. The van der Waals surface area contributed by atoms with Gasteiger partial charge < -0.3 is 5.11 Å². The van der Waals surface area contributed by atoms with E-state index in [0.29, 0.717) is 5.92 Å². The lowest BCUT2D eigenvalue weighted by Crippen LogP contribution is -2.04. The van der Waals surface area contributed by atoms with Crippen molar-refractivity contribution in [3.63, 3.8) is 0 Å². The van der Waals surface area contributed by atoms with Crippen molar-refractivity contribution in [1.29, 1.82) is 0 Å². The number of hydrogen-bond donors (Lipinski definition) is 1. The zero-order valence-electron chi connectivity index (χ0n) is 8.49. The molecule has 1 aromatic rings. The molecule has 0 aliphatic heterocycles. The van der Waals surface area contributed by atoms with E-state index in [1.165, 1.54) is 11.1 Å². The summed E-state index contributed by atoms with van der Waals surface area (Å²) in [6.07, 6.45) is 3.68. The zero-order valence-corrected chi connectivity index (χ0v) is 8.49. The molecule has 0 saturated carbocycles. The van der Waals surface area contributed by atoms with Crippen molar-refractivity contribution < 1.29 is 5.11 Å². The summed E-state index contributed by atoms with van der Waals surface area (Å²) >= 11 is 0. The van der Waals surface area contributed by atoms with E-state index in [0.717, 1.165) is 0 Å². The van der Waals surface area contributed by atoms with Crippen LogP contribution in [0.2, 0.25) is 0 Å². The number of pyridine rings is 1. The third-order valence-corrected chi connectivity index (χ3v) is 2.31. The Kier molecular flexibility index (Phi) is 3.43. The molecule has 13 heavy (non-hydrogen) atoms. The Bertz CT molecular complexity index is 271. The Morgan fingerprint density at radius 3 is 2.54 bits per heavy atom. The van der Waals surface area contributed by atoms with Crippen molar-refractivity contribution in [3.05, 3.63) is 29.6 Å². The standard InChI is InChI=1S/C11H17NO/c1-8(2)11-6-12-5-4-10(11)9(3)7-13/h4-6,8-9,13H,7H2,1-3H3. The van der Waals surface area contributed by atoms with Crippen LogP contribution in [0.3, 0.4) is 0 Å². The average Bonchev–Trinajstić information content (AvgIpc) is 2.16. The highest BCUT2D eigenvalue weighted by atomic mass is 16.3. The van der Waals surface area contributed by atoms with Crippen molar-refractivity contribution in [3.8, 4) is 0 Å². The molecular formula is C11H17NO. The van der Waals surface area contributed by atoms with E-state index in [4.69, 9.17) is 5.11 Å². The van der Waals surface area contributed by atoms with Gasteiger partial charge in [0.25, 0.3) is 0 Å². The lowest BCUT2D eigenvalue weighted by Gasteiger charge is -2.15. The van der Waals surface area contributed by atoms with Gasteiger partial charge in [-0.15, -0.1) is 0 Å². The summed E-state index contributed by atoms with van der Waals surface area (Å²) in [5.74, 6) is 0.679. The van der Waals surface area contributed by atoms with Gasteiger partial charge in [-0.3, -0.25) is 4.98 Å². The number of aliphatic hydroxyl groups is 1. The minimum absolute atomic E-state index is 0.198. The summed E-state index contributed by atoms with van der Waals surface area (Å²) in [5.41, 5.74) is 2.46. The van der Waals surface area contributed by atoms with Gasteiger partial charge in [0.2, 0.25) is 0 Å². The van der Waals surface area contributed by atoms with Crippen molar-refractivity contribution in [1.82, 2.24) is 4.98 Å². The minimum Gasteiger partial charge on any atom is -0.396 e. The maximum atomic E-state index is 9.07. The van der Waals surface area contributed by atoms with Crippen LogP contribution in [0.15, 0.2) is 18.5 Å². The summed E-state index contributed by atoms with van der Waals surface area (Å²) in [5, 5.41) is 9.07. The Morgan fingerprint density at radius 2 is 2.00 bits per heavy atom. The van der Waals surface area contributed by atoms with Crippen molar-refractivity contribution in [2.45, 2.75) is 32.6 Å². The van der Waals surface area contributed by atoms with Crippen LogP contribution in [-0.4, -0.2) is 16.7 Å². The SMILES string of the molecule is CC(C)c1cnccc1C(C)CO. The highest BCUT2D eigenvalue weighted by Gasteiger charge is 2.11. The first-order chi connectivity index (χ1) is 6.16. The van der Waals surface area contributed by atoms with E-state index in [1.807, 2.05) is 19.2 Å². The molecule has 0 aromatic carbocycles. The van der Waals surface area contributed by atoms with Crippen molar-refractivity contribution >= 4 is 0 Å². The highest BCUT2D eigenvalue weighted by molar-refractivity contribution is 5.29. The second kappa shape index (κ2) is 4.38. The van der Waals surface area contributed by atoms with Crippen LogP contribution in [-0.2, 0) is 0 Å². The molecule has 2 heteroatoms. The van der Waals surface area contributed by atoms with E-state index in [2.05, 4.69) is 18.8 Å². The number of aliphatic hydroxyl groups excluding tert-OH is 1. The largest absolute Gasteiger partial charge is 0.396 e. The monoisotopic (exact) mass is 179 g/mol. The Morgan fingerprint density at radius 1 is 1.31 bits per heavy atom. The van der Waals surface area contributed by atoms with Crippen molar-refractivity contribution in [2.24, 2.45) is 0 Å². The van der Waals surface area contributed by atoms with Gasteiger partial charge in [0.15, 0.2) is 0 Å². The maximum Gasteiger partial charge on any atom is 0.0497 e. The van der Waals surface area contributed by atoms with Crippen LogP contribution in [0.5, 0.6) is 0 Å². The maximum absolute atomic E-state index is 9.07. The molecule has 0 amide bonds. The molecule has 0 bridgehead atoms. The number of nitrogens with zero attached hydrogens (tertiary/aromatic N) is 1. The molecule has 0 saturated heterocycles.